The van der Waals surface area contributed by atoms with E-state index < -0.39 is 4.92 Å². The summed E-state index contributed by atoms with van der Waals surface area (Å²) in [5.41, 5.74) is 0.994. The van der Waals surface area contributed by atoms with E-state index in [0.29, 0.717) is 17.7 Å². The molecule has 20 heavy (non-hydrogen) atoms. The van der Waals surface area contributed by atoms with Gasteiger partial charge in [0, 0.05) is 17.2 Å². The molecule has 1 amide bonds. The van der Waals surface area contributed by atoms with Gasteiger partial charge >= 0.3 is 0 Å². The first-order valence-electron chi connectivity index (χ1n) is 6.86. The molecule has 0 aliphatic heterocycles. The van der Waals surface area contributed by atoms with E-state index in [4.69, 9.17) is 0 Å². The van der Waals surface area contributed by atoms with Crippen molar-refractivity contribution in [1.82, 2.24) is 5.32 Å². The second-order valence-corrected chi connectivity index (χ2v) is 4.72. The van der Waals surface area contributed by atoms with Gasteiger partial charge in [-0.3, -0.25) is 14.9 Å². The molecular formula is C14H22N3O3+. The lowest BCUT2D eigenvalue weighted by molar-refractivity contribution is -0.895. The van der Waals surface area contributed by atoms with Crippen molar-refractivity contribution in [3.05, 3.63) is 39.4 Å². The van der Waals surface area contributed by atoms with Crippen molar-refractivity contribution in [1.29, 1.82) is 0 Å². The highest BCUT2D eigenvalue weighted by Crippen LogP contribution is 2.18. The zero-order chi connectivity index (χ0) is 15.1. The number of rotatable bonds is 7. The van der Waals surface area contributed by atoms with E-state index in [-0.39, 0.29) is 11.6 Å². The maximum atomic E-state index is 11.9. The van der Waals surface area contributed by atoms with Gasteiger partial charge in [0.2, 0.25) is 0 Å². The predicted octanol–water partition coefficient (Wildman–Crippen LogP) is 0.558. The first-order valence-corrected chi connectivity index (χ1v) is 6.86. The van der Waals surface area contributed by atoms with Crippen molar-refractivity contribution in [2.75, 3.05) is 26.2 Å². The summed E-state index contributed by atoms with van der Waals surface area (Å²) in [5, 5.41) is 13.6. The number of carbonyl (C=O) groups is 1. The minimum atomic E-state index is -0.444. The Bertz CT molecular complexity index is 485. The molecule has 1 aromatic rings. The average Bonchev–Trinajstić information content (AvgIpc) is 2.42. The van der Waals surface area contributed by atoms with E-state index in [9.17, 15) is 14.9 Å². The van der Waals surface area contributed by atoms with Crippen LogP contribution in [0.1, 0.15) is 29.8 Å². The van der Waals surface area contributed by atoms with Gasteiger partial charge in [0.1, 0.15) is 0 Å². The molecule has 0 atom stereocenters. The Hall–Kier alpha value is -1.95. The number of benzene rings is 1. The van der Waals surface area contributed by atoms with Gasteiger partial charge in [-0.2, -0.15) is 0 Å². The molecule has 0 aromatic heterocycles. The maximum Gasteiger partial charge on any atom is 0.272 e. The molecule has 1 aromatic carbocycles. The molecule has 6 nitrogen and oxygen atoms in total. The number of carbonyl (C=O) groups excluding carboxylic acids is 1. The minimum Gasteiger partial charge on any atom is -0.346 e. The van der Waals surface area contributed by atoms with Gasteiger partial charge in [-0.1, -0.05) is 0 Å². The standard InChI is InChI=1S/C14H21N3O3/c1-4-16(5-2)9-8-15-14(18)12-6-7-13(17(19)20)11(3)10-12/h6-7,10H,4-5,8-9H2,1-3H3,(H,15,18)/p+1. The van der Waals surface area contributed by atoms with Crippen molar-refractivity contribution in [3.8, 4) is 0 Å². The molecule has 0 unspecified atom stereocenters. The van der Waals surface area contributed by atoms with Crippen molar-refractivity contribution >= 4 is 11.6 Å². The molecule has 0 fully saturated rings. The second-order valence-electron chi connectivity index (χ2n) is 4.72. The Morgan fingerprint density at radius 3 is 2.50 bits per heavy atom. The number of hydrogen-bond donors (Lipinski definition) is 2. The minimum absolute atomic E-state index is 0.0362. The zero-order valence-corrected chi connectivity index (χ0v) is 12.2. The predicted molar refractivity (Wildman–Crippen MR) is 77.1 cm³/mol. The van der Waals surface area contributed by atoms with Crippen LogP contribution >= 0.6 is 0 Å². The number of nitrogens with one attached hydrogen (secondary N) is 2. The maximum absolute atomic E-state index is 11.9. The molecule has 0 aliphatic carbocycles. The largest absolute Gasteiger partial charge is 0.346 e. The number of amides is 1. The average molecular weight is 280 g/mol. The number of nitro groups is 1. The summed E-state index contributed by atoms with van der Waals surface area (Å²) in [5.74, 6) is -0.186. The first kappa shape index (κ1) is 16.1. The van der Waals surface area contributed by atoms with Crippen LogP contribution < -0.4 is 10.2 Å². The Morgan fingerprint density at radius 1 is 1.35 bits per heavy atom. The van der Waals surface area contributed by atoms with Crippen LogP contribution in [0.2, 0.25) is 0 Å². The normalized spacial score (nSPS) is 10.6. The molecule has 2 N–H and O–H groups in total. The van der Waals surface area contributed by atoms with Gasteiger partial charge in [0.25, 0.3) is 11.6 Å². The third kappa shape index (κ3) is 4.31. The van der Waals surface area contributed by atoms with Crippen LogP contribution in [0.15, 0.2) is 18.2 Å². The van der Waals surface area contributed by atoms with Gasteiger partial charge in [0.15, 0.2) is 0 Å². The lowest BCUT2D eigenvalue weighted by Gasteiger charge is -2.15. The van der Waals surface area contributed by atoms with E-state index >= 15 is 0 Å². The molecule has 1 rings (SSSR count). The molecule has 6 heteroatoms. The summed E-state index contributed by atoms with van der Waals surface area (Å²) in [4.78, 5) is 23.6. The van der Waals surface area contributed by atoms with Crippen LogP contribution in [0.25, 0.3) is 0 Å². The van der Waals surface area contributed by atoms with Gasteiger partial charge in [-0.05, 0) is 32.9 Å². The highest BCUT2D eigenvalue weighted by molar-refractivity contribution is 5.94. The SMILES string of the molecule is CC[NH+](CC)CCNC(=O)c1ccc([N+](=O)[O-])c(C)c1. The lowest BCUT2D eigenvalue weighted by atomic mass is 10.1. The molecule has 0 radical (unpaired) electrons. The molecule has 0 heterocycles. The number of nitro benzene ring substituents is 1. The van der Waals surface area contributed by atoms with Crippen LogP contribution in [-0.2, 0) is 0 Å². The van der Waals surface area contributed by atoms with Crippen LogP contribution in [0.4, 0.5) is 5.69 Å². The van der Waals surface area contributed by atoms with E-state index in [2.05, 4.69) is 19.2 Å². The van der Waals surface area contributed by atoms with E-state index in [1.165, 1.54) is 17.0 Å². The molecule has 0 aliphatic rings. The Labute approximate surface area is 118 Å². The Balaban J connectivity index is 2.60. The number of aryl methyl sites for hydroxylation is 1. The quantitative estimate of drug-likeness (QED) is 0.566. The zero-order valence-electron chi connectivity index (χ0n) is 12.2. The Kier molecular flexibility index (Phi) is 6.11. The summed E-state index contributed by atoms with van der Waals surface area (Å²) >= 11 is 0. The highest BCUT2D eigenvalue weighted by Gasteiger charge is 2.13. The second kappa shape index (κ2) is 7.59. The van der Waals surface area contributed by atoms with Crippen LogP contribution in [0.5, 0.6) is 0 Å². The summed E-state index contributed by atoms with van der Waals surface area (Å²) in [7, 11) is 0. The lowest BCUT2D eigenvalue weighted by Crippen LogP contribution is -3.12. The highest BCUT2D eigenvalue weighted by atomic mass is 16.6. The van der Waals surface area contributed by atoms with Crippen molar-refractivity contribution < 1.29 is 14.6 Å². The smallest absolute Gasteiger partial charge is 0.272 e. The first-order chi connectivity index (χ1) is 9.49. The van der Waals surface area contributed by atoms with Crippen LogP contribution in [0, 0.1) is 17.0 Å². The fourth-order valence-electron chi connectivity index (χ4n) is 2.06. The summed E-state index contributed by atoms with van der Waals surface area (Å²) < 4.78 is 0. The fourth-order valence-corrected chi connectivity index (χ4v) is 2.06. The number of quaternary nitrogens is 1. The van der Waals surface area contributed by atoms with Crippen molar-refractivity contribution in [3.63, 3.8) is 0 Å². The van der Waals surface area contributed by atoms with E-state index in [1.54, 1.807) is 13.0 Å². The van der Waals surface area contributed by atoms with Gasteiger partial charge < -0.3 is 10.2 Å². The fraction of sp³-hybridized carbons (Fsp3) is 0.500. The number of likely N-dealkylation sites (N-methyl/N-ethyl adjacent to an activating group) is 1. The van der Waals surface area contributed by atoms with Crippen LogP contribution in [-0.4, -0.2) is 37.0 Å². The summed E-state index contributed by atoms with van der Waals surface area (Å²) in [6.45, 7) is 9.40. The van der Waals surface area contributed by atoms with Crippen molar-refractivity contribution in [2.24, 2.45) is 0 Å². The molecule has 110 valence electrons. The summed E-state index contributed by atoms with van der Waals surface area (Å²) in [6.07, 6.45) is 0. The molecule has 0 bridgehead atoms. The monoisotopic (exact) mass is 280 g/mol. The summed E-state index contributed by atoms with van der Waals surface area (Å²) in [6, 6.07) is 4.42. The van der Waals surface area contributed by atoms with Gasteiger partial charge in [-0.25, -0.2) is 0 Å². The Morgan fingerprint density at radius 2 is 2.00 bits per heavy atom. The molecule has 0 spiro atoms. The number of hydrogen-bond acceptors (Lipinski definition) is 3. The van der Waals surface area contributed by atoms with E-state index in [0.717, 1.165) is 19.6 Å². The third-order valence-electron chi connectivity index (χ3n) is 3.42. The topological polar surface area (TPSA) is 76.7 Å². The number of nitrogens with zero attached hydrogens (tertiary/aromatic N) is 1. The third-order valence-corrected chi connectivity index (χ3v) is 3.42. The van der Waals surface area contributed by atoms with Gasteiger partial charge in [-0.15, -0.1) is 0 Å². The molecule has 0 saturated carbocycles. The van der Waals surface area contributed by atoms with Crippen LogP contribution in [0.3, 0.4) is 0 Å². The van der Waals surface area contributed by atoms with Gasteiger partial charge in [0.05, 0.1) is 31.1 Å². The molecular weight excluding hydrogens is 258 g/mol. The van der Waals surface area contributed by atoms with E-state index in [1.807, 2.05) is 0 Å². The molecule has 0 saturated heterocycles. The van der Waals surface area contributed by atoms with Crippen molar-refractivity contribution in [2.45, 2.75) is 20.8 Å².